The minimum Gasteiger partial charge on any atom is -0.368 e. The SMILES string of the molecule is CCCNCc1cnc(C2(C)CCCCO2)s1. The summed E-state index contributed by atoms with van der Waals surface area (Å²) in [6.07, 6.45) is 6.70. The van der Waals surface area contributed by atoms with E-state index in [-0.39, 0.29) is 5.60 Å². The largest absolute Gasteiger partial charge is 0.368 e. The average Bonchev–Trinajstić information content (AvgIpc) is 2.80. The second-order valence-corrected chi connectivity index (χ2v) is 5.96. The lowest BCUT2D eigenvalue weighted by Gasteiger charge is -2.31. The molecule has 1 atom stereocenters. The lowest BCUT2D eigenvalue weighted by Crippen LogP contribution is -2.29. The second-order valence-electron chi connectivity index (χ2n) is 4.84. The summed E-state index contributed by atoms with van der Waals surface area (Å²) >= 11 is 1.79. The van der Waals surface area contributed by atoms with E-state index in [1.807, 2.05) is 6.20 Å². The first-order valence-electron chi connectivity index (χ1n) is 6.54. The Morgan fingerprint density at radius 3 is 3.12 bits per heavy atom. The molecule has 0 bridgehead atoms. The minimum absolute atomic E-state index is 0.133. The second kappa shape index (κ2) is 5.94. The van der Waals surface area contributed by atoms with Crippen molar-refractivity contribution in [3.63, 3.8) is 0 Å². The number of ether oxygens (including phenoxy) is 1. The molecule has 0 aromatic carbocycles. The third-order valence-corrected chi connectivity index (χ3v) is 4.44. The number of rotatable bonds is 5. The van der Waals surface area contributed by atoms with Crippen LogP contribution < -0.4 is 5.32 Å². The van der Waals surface area contributed by atoms with Crippen LogP contribution in [0.5, 0.6) is 0 Å². The van der Waals surface area contributed by atoms with Gasteiger partial charge >= 0.3 is 0 Å². The molecule has 2 rings (SSSR count). The van der Waals surface area contributed by atoms with Gasteiger partial charge in [0.25, 0.3) is 0 Å². The first kappa shape index (κ1) is 13.0. The van der Waals surface area contributed by atoms with E-state index in [2.05, 4.69) is 24.1 Å². The van der Waals surface area contributed by atoms with Gasteiger partial charge in [0.05, 0.1) is 0 Å². The van der Waals surface area contributed by atoms with Crippen molar-refractivity contribution in [3.05, 3.63) is 16.1 Å². The zero-order valence-corrected chi connectivity index (χ0v) is 11.6. The Morgan fingerprint density at radius 1 is 1.53 bits per heavy atom. The van der Waals surface area contributed by atoms with Gasteiger partial charge in [-0.2, -0.15) is 0 Å². The van der Waals surface area contributed by atoms with E-state index < -0.39 is 0 Å². The van der Waals surface area contributed by atoms with Gasteiger partial charge in [-0.3, -0.25) is 0 Å². The monoisotopic (exact) mass is 254 g/mol. The third kappa shape index (κ3) is 3.27. The van der Waals surface area contributed by atoms with Gasteiger partial charge in [-0.1, -0.05) is 6.92 Å². The first-order valence-corrected chi connectivity index (χ1v) is 7.36. The van der Waals surface area contributed by atoms with Crippen molar-refractivity contribution < 1.29 is 4.74 Å². The molecule has 1 saturated heterocycles. The molecule has 3 nitrogen and oxygen atoms in total. The molecule has 4 heteroatoms. The first-order chi connectivity index (χ1) is 8.24. The van der Waals surface area contributed by atoms with E-state index in [9.17, 15) is 0 Å². The van der Waals surface area contributed by atoms with Gasteiger partial charge in [0.1, 0.15) is 10.6 Å². The van der Waals surface area contributed by atoms with Crippen molar-refractivity contribution in [2.24, 2.45) is 0 Å². The standard InChI is InChI=1S/C13H22N2OS/c1-3-7-14-9-11-10-15-12(17-11)13(2)6-4-5-8-16-13/h10,14H,3-9H2,1-2H3. The van der Waals surface area contributed by atoms with Crippen LogP contribution in [-0.4, -0.2) is 18.1 Å². The van der Waals surface area contributed by atoms with Crippen molar-refractivity contribution in [2.75, 3.05) is 13.2 Å². The summed E-state index contributed by atoms with van der Waals surface area (Å²) in [4.78, 5) is 5.85. The van der Waals surface area contributed by atoms with Crippen molar-refractivity contribution in [2.45, 2.75) is 51.7 Å². The number of thiazole rings is 1. The van der Waals surface area contributed by atoms with Gasteiger partial charge in [-0.05, 0) is 39.2 Å². The van der Waals surface area contributed by atoms with Crippen LogP contribution in [0.25, 0.3) is 0 Å². The molecular weight excluding hydrogens is 232 g/mol. The summed E-state index contributed by atoms with van der Waals surface area (Å²) < 4.78 is 5.92. The summed E-state index contributed by atoms with van der Waals surface area (Å²) in [6, 6.07) is 0. The molecule has 1 fully saturated rings. The fourth-order valence-electron chi connectivity index (χ4n) is 2.12. The molecule has 17 heavy (non-hydrogen) atoms. The molecule has 0 spiro atoms. The highest BCUT2D eigenvalue weighted by Gasteiger charge is 2.32. The third-order valence-electron chi connectivity index (χ3n) is 3.20. The van der Waals surface area contributed by atoms with Gasteiger partial charge in [0.2, 0.25) is 0 Å². The van der Waals surface area contributed by atoms with E-state index in [0.29, 0.717) is 0 Å². The van der Waals surface area contributed by atoms with E-state index >= 15 is 0 Å². The Labute approximate surface area is 108 Å². The summed E-state index contributed by atoms with van der Waals surface area (Å²) in [5.41, 5.74) is -0.133. The number of hydrogen-bond acceptors (Lipinski definition) is 4. The number of nitrogens with one attached hydrogen (secondary N) is 1. The van der Waals surface area contributed by atoms with Crippen LogP contribution in [0.1, 0.15) is 49.4 Å². The van der Waals surface area contributed by atoms with E-state index in [1.165, 1.54) is 24.1 Å². The van der Waals surface area contributed by atoms with Crippen molar-refractivity contribution in [1.29, 1.82) is 0 Å². The quantitative estimate of drug-likeness (QED) is 0.820. The highest BCUT2D eigenvalue weighted by molar-refractivity contribution is 7.11. The van der Waals surface area contributed by atoms with Crippen LogP contribution in [0.3, 0.4) is 0 Å². The summed E-state index contributed by atoms with van der Waals surface area (Å²) in [6.45, 7) is 7.23. The molecule has 2 heterocycles. The van der Waals surface area contributed by atoms with E-state index in [1.54, 1.807) is 11.3 Å². The Hall–Kier alpha value is -0.450. The topological polar surface area (TPSA) is 34.2 Å². The lowest BCUT2D eigenvalue weighted by atomic mass is 9.97. The van der Waals surface area contributed by atoms with Gasteiger partial charge < -0.3 is 10.1 Å². The molecule has 1 unspecified atom stereocenters. The van der Waals surface area contributed by atoms with Crippen LogP contribution in [0.15, 0.2) is 6.20 Å². The predicted octanol–water partition coefficient (Wildman–Crippen LogP) is 3.06. The summed E-state index contributed by atoms with van der Waals surface area (Å²) in [7, 11) is 0. The van der Waals surface area contributed by atoms with Crippen molar-refractivity contribution in [1.82, 2.24) is 10.3 Å². The van der Waals surface area contributed by atoms with Crippen LogP contribution in [0, 0.1) is 0 Å². The molecule has 1 aliphatic rings. The highest BCUT2D eigenvalue weighted by Crippen LogP contribution is 2.36. The van der Waals surface area contributed by atoms with Crippen LogP contribution >= 0.6 is 11.3 Å². The minimum atomic E-state index is -0.133. The van der Waals surface area contributed by atoms with Crippen LogP contribution in [-0.2, 0) is 16.9 Å². The molecule has 1 aromatic heterocycles. The predicted molar refractivity (Wildman–Crippen MR) is 71.3 cm³/mol. The molecule has 96 valence electrons. The Bertz CT molecular complexity index is 345. The van der Waals surface area contributed by atoms with Gasteiger partial charge in [0, 0.05) is 24.2 Å². The van der Waals surface area contributed by atoms with Crippen LogP contribution in [0.2, 0.25) is 0 Å². The number of hydrogen-bond donors (Lipinski definition) is 1. The Balaban J connectivity index is 1.96. The zero-order chi connectivity index (χ0) is 12.1. The molecule has 1 N–H and O–H groups in total. The molecule has 0 saturated carbocycles. The zero-order valence-electron chi connectivity index (χ0n) is 10.8. The Kier molecular flexibility index (Phi) is 4.54. The number of aromatic nitrogens is 1. The number of nitrogens with zero attached hydrogens (tertiary/aromatic N) is 1. The molecular formula is C13H22N2OS. The normalized spacial score (nSPS) is 25.1. The van der Waals surface area contributed by atoms with E-state index in [0.717, 1.165) is 31.1 Å². The van der Waals surface area contributed by atoms with Gasteiger partial charge in [-0.15, -0.1) is 11.3 Å². The fourth-order valence-corrected chi connectivity index (χ4v) is 3.14. The molecule has 1 aliphatic heterocycles. The molecule has 0 radical (unpaired) electrons. The van der Waals surface area contributed by atoms with Crippen molar-refractivity contribution in [3.8, 4) is 0 Å². The van der Waals surface area contributed by atoms with Gasteiger partial charge in [0.15, 0.2) is 0 Å². The molecule has 0 amide bonds. The lowest BCUT2D eigenvalue weighted by molar-refractivity contribution is -0.0702. The smallest absolute Gasteiger partial charge is 0.125 e. The molecule has 0 aliphatic carbocycles. The van der Waals surface area contributed by atoms with Crippen molar-refractivity contribution >= 4 is 11.3 Å². The highest BCUT2D eigenvalue weighted by atomic mass is 32.1. The average molecular weight is 254 g/mol. The molecule has 1 aromatic rings. The maximum Gasteiger partial charge on any atom is 0.125 e. The van der Waals surface area contributed by atoms with Crippen LogP contribution in [0.4, 0.5) is 0 Å². The summed E-state index contributed by atoms with van der Waals surface area (Å²) in [5, 5.41) is 4.55. The summed E-state index contributed by atoms with van der Waals surface area (Å²) in [5.74, 6) is 0. The van der Waals surface area contributed by atoms with E-state index in [4.69, 9.17) is 4.74 Å². The fraction of sp³-hybridized carbons (Fsp3) is 0.769. The Morgan fingerprint density at radius 2 is 2.41 bits per heavy atom. The maximum absolute atomic E-state index is 5.92. The van der Waals surface area contributed by atoms with Gasteiger partial charge in [-0.25, -0.2) is 4.98 Å². The maximum atomic E-state index is 5.92.